The van der Waals surface area contributed by atoms with Crippen LogP contribution in [0.4, 0.5) is 0 Å². The van der Waals surface area contributed by atoms with Crippen LogP contribution in [0, 0.1) is 0 Å². The van der Waals surface area contributed by atoms with Crippen molar-refractivity contribution in [3.63, 3.8) is 0 Å². The molecule has 76 valence electrons. The average Bonchev–Trinajstić information content (AvgIpc) is 2.28. The van der Waals surface area contributed by atoms with Crippen molar-refractivity contribution >= 4 is 17.1 Å². The van der Waals surface area contributed by atoms with Crippen molar-refractivity contribution < 1.29 is 9.90 Å². The van der Waals surface area contributed by atoms with Gasteiger partial charge >= 0.3 is 0 Å². The molecule has 0 heterocycles. The van der Waals surface area contributed by atoms with E-state index < -0.39 is 0 Å². The number of carbonyl (C=O) groups is 1. The maximum atomic E-state index is 10.7. The van der Waals surface area contributed by atoms with Gasteiger partial charge in [-0.05, 0) is 23.1 Å². The van der Waals surface area contributed by atoms with Gasteiger partial charge in [0.25, 0.3) is 0 Å². The second-order valence-corrected chi connectivity index (χ2v) is 3.68. The zero-order valence-corrected chi connectivity index (χ0v) is 8.47. The molecule has 0 amide bonds. The first kappa shape index (κ1) is 9.71. The average molecular weight is 200 g/mol. The number of hydrogen-bond acceptors (Lipinski definition) is 2. The van der Waals surface area contributed by atoms with Crippen molar-refractivity contribution in [3.8, 4) is 5.75 Å². The third kappa shape index (κ3) is 1.71. The second-order valence-electron chi connectivity index (χ2n) is 3.68. The highest BCUT2D eigenvalue weighted by Crippen LogP contribution is 2.27. The number of phenols is 1. The SMILES string of the molecule is CC(C=O)c1ccc2cccc(O)c2c1. The Hall–Kier alpha value is -1.83. The standard InChI is InChI=1S/C13H12O2/c1-9(8-14)11-6-5-10-3-2-4-13(15)12(10)7-11/h2-9,15H,1H3. The number of fused-ring (bicyclic) bond motifs is 1. The quantitative estimate of drug-likeness (QED) is 0.757. The molecule has 0 aliphatic rings. The highest BCUT2D eigenvalue weighted by Gasteiger charge is 2.06. The summed E-state index contributed by atoms with van der Waals surface area (Å²) in [7, 11) is 0. The summed E-state index contributed by atoms with van der Waals surface area (Å²) in [5, 5.41) is 11.4. The van der Waals surface area contributed by atoms with Gasteiger partial charge in [-0.2, -0.15) is 0 Å². The van der Waals surface area contributed by atoms with E-state index in [0.717, 1.165) is 22.6 Å². The van der Waals surface area contributed by atoms with Crippen molar-refractivity contribution in [1.82, 2.24) is 0 Å². The van der Waals surface area contributed by atoms with Crippen LogP contribution in [-0.2, 0) is 4.79 Å². The Morgan fingerprint density at radius 3 is 2.80 bits per heavy atom. The molecule has 1 unspecified atom stereocenters. The van der Waals surface area contributed by atoms with Crippen molar-refractivity contribution in [3.05, 3.63) is 42.0 Å². The maximum absolute atomic E-state index is 10.7. The largest absolute Gasteiger partial charge is 0.507 e. The highest BCUT2D eigenvalue weighted by molar-refractivity contribution is 5.89. The topological polar surface area (TPSA) is 37.3 Å². The maximum Gasteiger partial charge on any atom is 0.127 e. The van der Waals surface area contributed by atoms with Gasteiger partial charge in [-0.15, -0.1) is 0 Å². The Balaban J connectivity index is 2.64. The van der Waals surface area contributed by atoms with E-state index in [2.05, 4.69) is 0 Å². The third-order valence-electron chi connectivity index (χ3n) is 2.61. The molecule has 2 nitrogen and oxygen atoms in total. The normalized spacial score (nSPS) is 12.6. The Morgan fingerprint density at radius 1 is 1.27 bits per heavy atom. The summed E-state index contributed by atoms with van der Waals surface area (Å²) in [6.07, 6.45) is 0.904. The fourth-order valence-corrected chi connectivity index (χ4v) is 1.64. The van der Waals surface area contributed by atoms with E-state index in [1.165, 1.54) is 0 Å². The summed E-state index contributed by atoms with van der Waals surface area (Å²) in [6.45, 7) is 1.84. The summed E-state index contributed by atoms with van der Waals surface area (Å²) < 4.78 is 0. The lowest BCUT2D eigenvalue weighted by molar-refractivity contribution is -0.108. The van der Waals surface area contributed by atoms with Gasteiger partial charge in [0.1, 0.15) is 12.0 Å². The first-order valence-corrected chi connectivity index (χ1v) is 4.89. The van der Waals surface area contributed by atoms with Crippen molar-refractivity contribution in [2.75, 3.05) is 0 Å². The van der Waals surface area contributed by atoms with Crippen LogP contribution in [0.15, 0.2) is 36.4 Å². The fraction of sp³-hybridized carbons (Fsp3) is 0.154. The van der Waals surface area contributed by atoms with E-state index in [1.807, 2.05) is 31.2 Å². The van der Waals surface area contributed by atoms with Crippen LogP contribution in [0.2, 0.25) is 0 Å². The number of phenolic OH excluding ortho intramolecular Hbond substituents is 1. The Bertz CT molecular complexity index is 503. The lowest BCUT2D eigenvalue weighted by Gasteiger charge is -2.06. The zero-order chi connectivity index (χ0) is 10.8. The van der Waals surface area contributed by atoms with Gasteiger partial charge in [-0.3, -0.25) is 0 Å². The minimum atomic E-state index is -0.131. The number of aromatic hydroxyl groups is 1. The van der Waals surface area contributed by atoms with E-state index >= 15 is 0 Å². The summed E-state index contributed by atoms with van der Waals surface area (Å²) >= 11 is 0. The molecule has 15 heavy (non-hydrogen) atoms. The summed E-state index contributed by atoms with van der Waals surface area (Å²) in [4.78, 5) is 10.7. The van der Waals surface area contributed by atoms with E-state index in [9.17, 15) is 9.90 Å². The molecule has 2 aromatic rings. The molecule has 0 fully saturated rings. The van der Waals surface area contributed by atoms with Gasteiger partial charge in [0.05, 0.1) is 0 Å². The number of hydrogen-bond donors (Lipinski definition) is 1. The molecule has 0 aliphatic carbocycles. The Kier molecular flexibility index (Phi) is 2.42. The molecule has 0 aliphatic heterocycles. The minimum Gasteiger partial charge on any atom is -0.507 e. The van der Waals surface area contributed by atoms with Gasteiger partial charge in [-0.25, -0.2) is 0 Å². The predicted octanol–water partition coefficient (Wildman–Crippen LogP) is 2.85. The molecule has 1 N–H and O–H groups in total. The van der Waals surface area contributed by atoms with Gasteiger partial charge in [0.15, 0.2) is 0 Å². The summed E-state index contributed by atoms with van der Waals surface area (Å²) in [5.74, 6) is 0.126. The minimum absolute atomic E-state index is 0.131. The first-order valence-electron chi connectivity index (χ1n) is 4.89. The molecule has 2 rings (SSSR count). The summed E-state index contributed by atoms with van der Waals surface area (Å²) in [5.41, 5.74) is 0.930. The van der Waals surface area contributed by atoms with Crippen LogP contribution in [-0.4, -0.2) is 11.4 Å². The molecule has 0 spiro atoms. The summed E-state index contributed by atoms with van der Waals surface area (Å²) in [6, 6.07) is 11.1. The van der Waals surface area contributed by atoms with Crippen LogP contribution in [0.5, 0.6) is 5.75 Å². The second kappa shape index (κ2) is 3.73. The third-order valence-corrected chi connectivity index (χ3v) is 2.61. The molecular formula is C13H12O2. The number of benzene rings is 2. The van der Waals surface area contributed by atoms with Crippen LogP contribution in [0.3, 0.4) is 0 Å². The molecule has 1 atom stereocenters. The van der Waals surface area contributed by atoms with Crippen LogP contribution >= 0.6 is 0 Å². The van der Waals surface area contributed by atoms with E-state index in [1.54, 1.807) is 12.1 Å². The number of carbonyl (C=O) groups excluding carboxylic acids is 1. The molecule has 2 heteroatoms. The monoisotopic (exact) mass is 200 g/mol. The smallest absolute Gasteiger partial charge is 0.127 e. The van der Waals surface area contributed by atoms with Crippen LogP contribution in [0.25, 0.3) is 10.8 Å². The molecule has 0 bridgehead atoms. The predicted molar refractivity (Wildman–Crippen MR) is 60.1 cm³/mol. The van der Waals surface area contributed by atoms with Crippen molar-refractivity contribution in [2.24, 2.45) is 0 Å². The molecule has 2 aromatic carbocycles. The Labute approximate surface area is 88.2 Å². The van der Waals surface area contributed by atoms with Crippen molar-refractivity contribution in [2.45, 2.75) is 12.8 Å². The lowest BCUT2D eigenvalue weighted by atomic mass is 9.98. The number of rotatable bonds is 2. The van der Waals surface area contributed by atoms with E-state index in [0.29, 0.717) is 0 Å². The van der Waals surface area contributed by atoms with E-state index in [-0.39, 0.29) is 11.7 Å². The van der Waals surface area contributed by atoms with Gasteiger partial charge < -0.3 is 9.90 Å². The molecule has 0 radical (unpaired) electrons. The Morgan fingerprint density at radius 2 is 2.07 bits per heavy atom. The molecule has 0 saturated heterocycles. The first-order chi connectivity index (χ1) is 7.22. The van der Waals surface area contributed by atoms with Gasteiger partial charge in [0, 0.05) is 11.3 Å². The van der Waals surface area contributed by atoms with Gasteiger partial charge in [-0.1, -0.05) is 31.2 Å². The fourth-order valence-electron chi connectivity index (χ4n) is 1.64. The molecule has 0 aromatic heterocycles. The molecular weight excluding hydrogens is 188 g/mol. The highest BCUT2D eigenvalue weighted by atomic mass is 16.3. The molecule has 0 saturated carbocycles. The zero-order valence-electron chi connectivity index (χ0n) is 8.47. The van der Waals surface area contributed by atoms with Crippen LogP contribution < -0.4 is 0 Å². The van der Waals surface area contributed by atoms with Gasteiger partial charge in [0.2, 0.25) is 0 Å². The van der Waals surface area contributed by atoms with Crippen LogP contribution in [0.1, 0.15) is 18.4 Å². The van der Waals surface area contributed by atoms with Crippen molar-refractivity contribution in [1.29, 1.82) is 0 Å². The number of aldehydes is 1. The lowest BCUT2D eigenvalue weighted by Crippen LogP contribution is -1.93. The van der Waals surface area contributed by atoms with E-state index in [4.69, 9.17) is 0 Å².